The Morgan fingerprint density at radius 1 is 1.14 bits per heavy atom. The summed E-state index contributed by atoms with van der Waals surface area (Å²) in [6, 6.07) is 11.7. The minimum Gasteiger partial charge on any atom is -0.383 e. The third-order valence-corrected chi connectivity index (χ3v) is 5.46. The highest BCUT2D eigenvalue weighted by molar-refractivity contribution is 5.92. The number of carbonyl (C=O) groups is 1. The minimum absolute atomic E-state index is 0.0943. The molecule has 0 N–H and O–H groups in total. The van der Waals surface area contributed by atoms with Crippen molar-refractivity contribution in [3.05, 3.63) is 63.6 Å². The van der Waals surface area contributed by atoms with Gasteiger partial charge >= 0.3 is 0 Å². The molecule has 3 rings (SSSR count). The lowest BCUT2D eigenvalue weighted by Crippen LogP contribution is -2.40. The van der Waals surface area contributed by atoms with Crippen LogP contribution >= 0.6 is 0 Å². The van der Waals surface area contributed by atoms with Gasteiger partial charge in [0.15, 0.2) is 0 Å². The Bertz CT molecular complexity index is 837. The average molecular weight is 383 g/mol. The average Bonchev–Trinajstić information content (AvgIpc) is 2.72. The Hall–Kier alpha value is -2.47. The van der Waals surface area contributed by atoms with Gasteiger partial charge in [-0.3, -0.25) is 9.59 Å². The largest absolute Gasteiger partial charge is 0.383 e. The molecule has 0 radical (unpaired) electrons. The first-order valence-corrected chi connectivity index (χ1v) is 9.99. The third-order valence-electron chi connectivity index (χ3n) is 5.46. The van der Waals surface area contributed by atoms with Crippen molar-refractivity contribution in [2.24, 2.45) is 5.92 Å². The van der Waals surface area contributed by atoms with Gasteiger partial charge in [-0.05, 0) is 50.2 Å². The summed E-state index contributed by atoms with van der Waals surface area (Å²) in [5, 5.41) is 4.22. The number of carbonyl (C=O) groups excluding carboxylic acids is 1. The van der Waals surface area contributed by atoms with Gasteiger partial charge in [0, 0.05) is 26.3 Å². The van der Waals surface area contributed by atoms with Crippen molar-refractivity contribution >= 4 is 5.91 Å². The molecule has 0 unspecified atom stereocenters. The van der Waals surface area contributed by atoms with Crippen LogP contribution in [0.4, 0.5) is 0 Å². The van der Waals surface area contributed by atoms with Crippen LogP contribution in [0.2, 0.25) is 0 Å². The monoisotopic (exact) mass is 383 g/mol. The maximum absolute atomic E-state index is 12.8. The Kier molecular flexibility index (Phi) is 6.98. The molecular formula is C22H29N3O3. The summed E-state index contributed by atoms with van der Waals surface area (Å²) in [6.07, 6.45) is 4.28. The number of piperidine rings is 1. The Morgan fingerprint density at radius 2 is 1.86 bits per heavy atom. The molecule has 1 saturated heterocycles. The summed E-state index contributed by atoms with van der Waals surface area (Å²) in [6.45, 7) is 4.33. The van der Waals surface area contributed by atoms with Gasteiger partial charge in [0.1, 0.15) is 5.69 Å². The van der Waals surface area contributed by atoms with Crippen LogP contribution in [-0.2, 0) is 17.7 Å². The normalized spacial score (nSPS) is 15.0. The number of aromatic nitrogens is 2. The molecule has 1 amide bonds. The highest BCUT2D eigenvalue weighted by Crippen LogP contribution is 2.23. The van der Waals surface area contributed by atoms with E-state index in [0.717, 1.165) is 38.8 Å². The van der Waals surface area contributed by atoms with Crippen LogP contribution in [-0.4, -0.2) is 47.4 Å². The second kappa shape index (κ2) is 9.64. The van der Waals surface area contributed by atoms with Crippen LogP contribution in [0.3, 0.4) is 0 Å². The fraction of sp³-hybridized carbons (Fsp3) is 0.500. The number of methoxy groups -OCH3 is 1. The summed E-state index contributed by atoms with van der Waals surface area (Å²) >= 11 is 0. The Morgan fingerprint density at radius 3 is 2.54 bits per heavy atom. The predicted octanol–water partition coefficient (Wildman–Crippen LogP) is 2.68. The van der Waals surface area contributed by atoms with Crippen molar-refractivity contribution in [3.8, 4) is 0 Å². The molecular weight excluding hydrogens is 354 g/mol. The van der Waals surface area contributed by atoms with Gasteiger partial charge in [-0.2, -0.15) is 5.10 Å². The van der Waals surface area contributed by atoms with Crippen LogP contribution < -0.4 is 5.56 Å². The van der Waals surface area contributed by atoms with E-state index < -0.39 is 0 Å². The van der Waals surface area contributed by atoms with E-state index >= 15 is 0 Å². The zero-order chi connectivity index (χ0) is 19.9. The zero-order valence-electron chi connectivity index (χ0n) is 16.8. The van der Waals surface area contributed by atoms with Crippen molar-refractivity contribution in [2.45, 2.75) is 39.2 Å². The van der Waals surface area contributed by atoms with E-state index in [1.165, 1.54) is 27.9 Å². The number of ether oxygens (including phenoxy) is 1. The number of hydrogen-bond donors (Lipinski definition) is 0. The molecule has 1 aliphatic rings. The van der Waals surface area contributed by atoms with Crippen molar-refractivity contribution in [1.82, 2.24) is 14.7 Å². The Balaban J connectivity index is 1.52. The van der Waals surface area contributed by atoms with Crippen molar-refractivity contribution in [1.29, 1.82) is 0 Å². The minimum atomic E-state index is -0.219. The molecule has 0 atom stereocenters. The molecule has 1 fully saturated rings. The lowest BCUT2D eigenvalue weighted by molar-refractivity contribution is 0.0677. The highest BCUT2D eigenvalue weighted by atomic mass is 16.5. The van der Waals surface area contributed by atoms with Crippen molar-refractivity contribution in [2.75, 3.05) is 26.8 Å². The molecule has 1 aromatic heterocycles. The van der Waals surface area contributed by atoms with Crippen molar-refractivity contribution in [3.63, 3.8) is 0 Å². The molecule has 2 heterocycles. The quantitative estimate of drug-likeness (QED) is 0.737. The van der Waals surface area contributed by atoms with E-state index in [1.54, 1.807) is 7.11 Å². The molecule has 6 heteroatoms. The second-order valence-corrected chi connectivity index (χ2v) is 7.53. The van der Waals surface area contributed by atoms with E-state index in [2.05, 4.69) is 36.3 Å². The number of rotatable bonds is 7. The summed E-state index contributed by atoms with van der Waals surface area (Å²) < 4.78 is 6.29. The van der Waals surface area contributed by atoms with Gasteiger partial charge in [0.05, 0.1) is 13.2 Å². The molecule has 0 saturated carbocycles. The number of amides is 1. The number of benzene rings is 1. The van der Waals surface area contributed by atoms with Crippen molar-refractivity contribution < 1.29 is 9.53 Å². The summed E-state index contributed by atoms with van der Waals surface area (Å²) in [5.74, 6) is 0.553. The van der Waals surface area contributed by atoms with E-state index in [-0.39, 0.29) is 11.5 Å². The predicted molar refractivity (Wildman–Crippen MR) is 109 cm³/mol. The smallest absolute Gasteiger partial charge is 0.274 e. The first kappa shape index (κ1) is 20.3. The van der Waals surface area contributed by atoms with Gasteiger partial charge in [0.25, 0.3) is 11.5 Å². The summed E-state index contributed by atoms with van der Waals surface area (Å²) in [5.41, 5.74) is 2.78. The molecule has 6 nitrogen and oxygen atoms in total. The zero-order valence-corrected chi connectivity index (χ0v) is 16.8. The first-order valence-electron chi connectivity index (χ1n) is 9.99. The molecule has 1 aliphatic heterocycles. The topological polar surface area (TPSA) is 64.4 Å². The summed E-state index contributed by atoms with van der Waals surface area (Å²) in [4.78, 5) is 26.5. The number of aryl methyl sites for hydroxylation is 2. The standard InChI is InChI=1S/C22H29N3O3/c1-17-3-5-18(6-4-17)7-8-19-11-13-24(14-12-19)22(27)20-9-10-21(26)25(23-20)15-16-28-2/h3-6,9-10,19H,7-8,11-16H2,1-2H3. The maximum Gasteiger partial charge on any atom is 0.274 e. The van der Waals surface area contributed by atoms with Gasteiger partial charge < -0.3 is 9.64 Å². The van der Waals surface area contributed by atoms with E-state index in [0.29, 0.717) is 24.8 Å². The fourth-order valence-electron chi connectivity index (χ4n) is 3.61. The van der Waals surface area contributed by atoms with E-state index in [9.17, 15) is 9.59 Å². The SMILES string of the molecule is COCCn1nc(C(=O)N2CCC(CCc3ccc(C)cc3)CC2)ccc1=O. The second-order valence-electron chi connectivity index (χ2n) is 7.53. The number of likely N-dealkylation sites (tertiary alicyclic amines) is 1. The Labute approximate surface area is 166 Å². The van der Waals surface area contributed by atoms with Crippen LogP contribution in [0.15, 0.2) is 41.2 Å². The van der Waals surface area contributed by atoms with Crippen LogP contribution in [0.25, 0.3) is 0 Å². The molecule has 0 spiro atoms. The molecule has 0 aliphatic carbocycles. The van der Waals surface area contributed by atoms with Gasteiger partial charge in [-0.25, -0.2) is 4.68 Å². The fourth-order valence-corrected chi connectivity index (χ4v) is 3.61. The lowest BCUT2D eigenvalue weighted by Gasteiger charge is -2.32. The van der Waals surface area contributed by atoms with E-state index in [1.807, 2.05) is 4.90 Å². The van der Waals surface area contributed by atoms with Gasteiger partial charge in [-0.1, -0.05) is 29.8 Å². The maximum atomic E-state index is 12.8. The highest BCUT2D eigenvalue weighted by Gasteiger charge is 2.24. The first-order chi connectivity index (χ1) is 13.6. The molecule has 28 heavy (non-hydrogen) atoms. The number of nitrogens with zero attached hydrogens (tertiary/aromatic N) is 3. The molecule has 1 aromatic carbocycles. The van der Waals surface area contributed by atoms with Crippen LogP contribution in [0.1, 0.15) is 40.9 Å². The van der Waals surface area contributed by atoms with Crippen LogP contribution in [0, 0.1) is 12.8 Å². The van der Waals surface area contributed by atoms with E-state index in [4.69, 9.17) is 4.74 Å². The third kappa shape index (κ3) is 5.29. The summed E-state index contributed by atoms with van der Waals surface area (Å²) in [7, 11) is 1.57. The molecule has 150 valence electrons. The number of hydrogen-bond acceptors (Lipinski definition) is 4. The van der Waals surface area contributed by atoms with Gasteiger partial charge in [0.2, 0.25) is 0 Å². The van der Waals surface area contributed by atoms with Gasteiger partial charge in [-0.15, -0.1) is 0 Å². The van der Waals surface area contributed by atoms with Crippen LogP contribution in [0.5, 0.6) is 0 Å². The molecule has 0 bridgehead atoms. The molecule has 2 aromatic rings. The lowest BCUT2D eigenvalue weighted by atomic mass is 9.90.